The fourth-order valence-electron chi connectivity index (χ4n) is 1.74. The third-order valence-corrected chi connectivity index (χ3v) is 3.64. The minimum absolute atomic E-state index is 0.0381. The third-order valence-electron chi connectivity index (χ3n) is 2.80. The van der Waals surface area contributed by atoms with Crippen LogP contribution in [-0.4, -0.2) is 12.5 Å². The summed E-state index contributed by atoms with van der Waals surface area (Å²) < 4.78 is 13.0. The van der Waals surface area contributed by atoms with Gasteiger partial charge in [0.25, 0.3) is 0 Å². The van der Waals surface area contributed by atoms with Crippen molar-refractivity contribution in [3.05, 3.63) is 57.3 Å². The van der Waals surface area contributed by atoms with Gasteiger partial charge in [-0.3, -0.25) is 4.79 Å². The summed E-state index contributed by atoms with van der Waals surface area (Å²) in [5.74, 6) is -0.751. The van der Waals surface area contributed by atoms with E-state index >= 15 is 0 Å². The summed E-state index contributed by atoms with van der Waals surface area (Å²) in [6, 6.07) is 9.06. The first kappa shape index (κ1) is 16.9. The molecule has 2 aromatic rings. The van der Waals surface area contributed by atoms with Gasteiger partial charge < -0.3 is 10.6 Å². The first-order valence-corrected chi connectivity index (χ1v) is 7.53. The van der Waals surface area contributed by atoms with Crippen LogP contribution in [0, 0.1) is 5.82 Å². The predicted molar refractivity (Wildman–Crippen MR) is 89.6 cm³/mol. The molecule has 0 radical (unpaired) electrons. The lowest BCUT2D eigenvalue weighted by molar-refractivity contribution is -0.115. The lowest BCUT2D eigenvalue weighted by Gasteiger charge is -2.09. The van der Waals surface area contributed by atoms with Crippen LogP contribution in [-0.2, 0) is 4.79 Å². The smallest absolute Gasteiger partial charge is 0.226 e. The Labute approximate surface area is 142 Å². The number of benzene rings is 2. The average molecular weight is 362 g/mol. The van der Waals surface area contributed by atoms with Crippen molar-refractivity contribution in [3.63, 3.8) is 0 Å². The minimum atomic E-state index is -0.529. The SMILES string of the molecule is O=C(CCNc1ccc(Cl)cc1Cl)Nc1ccc(F)c(Cl)c1. The van der Waals surface area contributed by atoms with Gasteiger partial charge in [-0.1, -0.05) is 34.8 Å². The third kappa shape index (κ3) is 4.77. The molecule has 2 aromatic carbocycles. The largest absolute Gasteiger partial charge is 0.383 e. The highest BCUT2D eigenvalue weighted by Gasteiger charge is 2.06. The van der Waals surface area contributed by atoms with Crippen molar-refractivity contribution in [2.45, 2.75) is 6.42 Å². The number of carbonyl (C=O) groups is 1. The summed E-state index contributed by atoms with van der Waals surface area (Å²) in [5, 5.41) is 6.67. The molecule has 0 saturated heterocycles. The quantitative estimate of drug-likeness (QED) is 0.766. The molecule has 0 aliphatic rings. The van der Waals surface area contributed by atoms with Crippen molar-refractivity contribution in [3.8, 4) is 0 Å². The standard InChI is InChI=1S/C15H12Cl3FN2O/c16-9-1-4-14(12(18)7-9)20-6-5-15(22)21-10-2-3-13(19)11(17)8-10/h1-4,7-8,20H,5-6H2,(H,21,22). The van der Waals surface area contributed by atoms with Crippen molar-refractivity contribution < 1.29 is 9.18 Å². The Balaban J connectivity index is 1.83. The number of carbonyl (C=O) groups excluding carboxylic acids is 1. The van der Waals surface area contributed by atoms with Gasteiger partial charge in [0, 0.05) is 23.7 Å². The van der Waals surface area contributed by atoms with Gasteiger partial charge in [0.2, 0.25) is 5.91 Å². The highest BCUT2D eigenvalue weighted by Crippen LogP contribution is 2.25. The number of hydrogen-bond acceptors (Lipinski definition) is 2. The zero-order valence-electron chi connectivity index (χ0n) is 11.3. The second kappa shape index (κ2) is 7.68. The monoisotopic (exact) mass is 360 g/mol. The molecule has 22 heavy (non-hydrogen) atoms. The molecular formula is C15H12Cl3FN2O. The molecule has 2 N–H and O–H groups in total. The molecule has 0 saturated carbocycles. The Morgan fingerprint density at radius 1 is 1.05 bits per heavy atom. The molecular weight excluding hydrogens is 350 g/mol. The summed E-state index contributed by atoms with van der Waals surface area (Å²) in [6.07, 6.45) is 0.216. The Morgan fingerprint density at radius 3 is 2.50 bits per heavy atom. The highest BCUT2D eigenvalue weighted by atomic mass is 35.5. The number of amides is 1. The van der Waals surface area contributed by atoms with Crippen LogP contribution in [0.2, 0.25) is 15.1 Å². The number of rotatable bonds is 5. The maximum absolute atomic E-state index is 13.0. The first-order chi connectivity index (χ1) is 10.5. The molecule has 0 unspecified atom stereocenters. The number of anilines is 2. The van der Waals surface area contributed by atoms with Crippen LogP contribution in [0.4, 0.5) is 15.8 Å². The van der Waals surface area contributed by atoms with Crippen molar-refractivity contribution in [1.29, 1.82) is 0 Å². The van der Waals surface area contributed by atoms with Crippen molar-refractivity contribution in [2.75, 3.05) is 17.2 Å². The molecule has 0 fully saturated rings. The summed E-state index contributed by atoms with van der Waals surface area (Å²) in [7, 11) is 0. The summed E-state index contributed by atoms with van der Waals surface area (Å²) in [4.78, 5) is 11.8. The van der Waals surface area contributed by atoms with E-state index in [1.807, 2.05) is 0 Å². The highest BCUT2D eigenvalue weighted by molar-refractivity contribution is 6.36. The van der Waals surface area contributed by atoms with E-state index in [0.29, 0.717) is 28.0 Å². The van der Waals surface area contributed by atoms with E-state index in [2.05, 4.69) is 10.6 Å². The topological polar surface area (TPSA) is 41.1 Å². The zero-order valence-corrected chi connectivity index (χ0v) is 13.6. The second-order valence-corrected chi connectivity index (χ2v) is 5.73. The Morgan fingerprint density at radius 2 is 1.82 bits per heavy atom. The van der Waals surface area contributed by atoms with Crippen LogP contribution in [0.15, 0.2) is 36.4 Å². The van der Waals surface area contributed by atoms with E-state index in [1.165, 1.54) is 18.2 Å². The molecule has 0 atom stereocenters. The van der Waals surface area contributed by atoms with Gasteiger partial charge in [-0.25, -0.2) is 4.39 Å². The summed E-state index contributed by atoms with van der Waals surface area (Å²) >= 11 is 17.5. The Kier molecular flexibility index (Phi) is 5.89. The normalized spacial score (nSPS) is 10.4. The van der Waals surface area contributed by atoms with Gasteiger partial charge in [-0.15, -0.1) is 0 Å². The molecule has 7 heteroatoms. The molecule has 116 valence electrons. The molecule has 0 bridgehead atoms. The van der Waals surface area contributed by atoms with E-state index in [4.69, 9.17) is 34.8 Å². The predicted octanol–water partition coefficient (Wildman–Crippen LogP) is 5.23. The zero-order chi connectivity index (χ0) is 16.1. The second-order valence-electron chi connectivity index (χ2n) is 4.48. The van der Waals surface area contributed by atoms with Gasteiger partial charge in [-0.2, -0.15) is 0 Å². The van der Waals surface area contributed by atoms with Crippen molar-refractivity contribution >= 4 is 52.1 Å². The van der Waals surface area contributed by atoms with Gasteiger partial charge in [-0.05, 0) is 36.4 Å². The Bertz CT molecular complexity index is 694. The van der Waals surface area contributed by atoms with Crippen molar-refractivity contribution in [1.82, 2.24) is 0 Å². The van der Waals surface area contributed by atoms with E-state index in [0.717, 1.165) is 0 Å². The lowest BCUT2D eigenvalue weighted by atomic mass is 10.3. The molecule has 0 spiro atoms. The summed E-state index contributed by atoms with van der Waals surface area (Å²) in [5.41, 5.74) is 1.14. The molecule has 0 aliphatic heterocycles. The van der Waals surface area contributed by atoms with Crippen LogP contribution in [0.3, 0.4) is 0 Å². The van der Waals surface area contributed by atoms with Gasteiger partial charge in [0.05, 0.1) is 15.7 Å². The molecule has 1 amide bonds. The fraction of sp³-hybridized carbons (Fsp3) is 0.133. The summed E-state index contributed by atoms with van der Waals surface area (Å²) in [6.45, 7) is 0.391. The molecule has 2 rings (SSSR count). The van der Waals surface area contributed by atoms with Crippen LogP contribution in [0.5, 0.6) is 0 Å². The number of hydrogen-bond donors (Lipinski definition) is 2. The van der Waals surface area contributed by atoms with E-state index in [9.17, 15) is 9.18 Å². The Hall–Kier alpha value is -1.49. The van der Waals surface area contributed by atoms with Gasteiger partial charge in [0.15, 0.2) is 0 Å². The number of halogens is 4. The van der Waals surface area contributed by atoms with Gasteiger partial charge >= 0.3 is 0 Å². The molecule has 0 heterocycles. The van der Waals surface area contributed by atoms with E-state index in [-0.39, 0.29) is 17.4 Å². The maximum Gasteiger partial charge on any atom is 0.226 e. The van der Waals surface area contributed by atoms with E-state index in [1.54, 1.807) is 18.2 Å². The minimum Gasteiger partial charge on any atom is -0.383 e. The first-order valence-electron chi connectivity index (χ1n) is 6.39. The molecule has 0 aromatic heterocycles. The molecule has 0 aliphatic carbocycles. The molecule has 3 nitrogen and oxygen atoms in total. The van der Waals surface area contributed by atoms with Crippen LogP contribution >= 0.6 is 34.8 Å². The maximum atomic E-state index is 13.0. The van der Waals surface area contributed by atoms with E-state index < -0.39 is 5.82 Å². The average Bonchev–Trinajstić information content (AvgIpc) is 2.45. The van der Waals surface area contributed by atoms with Crippen LogP contribution < -0.4 is 10.6 Å². The fourth-order valence-corrected chi connectivity index (χ4v) is 2.40. The lowest BCUT2D eigenvalue weighted by Crippen LogP contribution is -2.16. The van der Waals surface area contributed by atoms with Gasteiger partial charge in [0.1, 0.15) is 5.82 Å². The van der Waals surface area contributed by atoms with Crippen LogP contribution in [0.25, 0.3) is 0 Å². The van der Waals surface area contributed by atoms with Crippen LogP contribution in [0.1, 0.15) is 6.42 Å². The number of nitrogens with one attached hydrogen (secondary N) is 2. The van der Waals surface area contributed by atoms with Crippen molar-refractivity contribution in [2.24, 2.45) is 0 Å².